The van der Waals surface area contributed by atoms with Gasteiger partial charge in [0.15, 0.2) is 5.82 Å². The zero-order valence-corrected chi connectivity index (χ0v) is 11.5. The quantitative estimate of drug-likeness (QED) is 0.917. The molecule has 0 radical (unpaired) electrons. The average Bonchev–Trinajstić information content (AvgIpc) is 3.11. The van der Waals surface area contributed by atoms with Gasteiger partial charge in [0, 0.05) is 6.54 Å². The van der Waals surface area contributed by atoms with Gasteiger partial charge in [0.1, 0.15) is 4.88 Å². The van der Waals surface area contributed by atoms with Crippen LogP contribution >= 0.6 is 11.3 Å². The first-order chi connectivity index (χ1) is 9.33. The molecule has 0 amide bonds. The summed E-state index contributed by atoms with van der Waals surface area (Å²) in [6.07, 6.45) is 5.55. The van der Waals surface area contributed by atoms with E-state index in [1.54, 1.807) is 11.7 Å². The molecule has 1 atom stereocenters. The van der Waals surface area contributed by atoms with Gasteiger partial charge in [-0.3, -0.25) is 4.98 Å². The average molecular weight is 279 g/mol. The molecule has 0 bridgehead atoms. The Hall–Kier alpha value is -1.31. The van der Waals surface area contributed by atoms with E-state index in [-0.39, 0.29) is 6.04 Å². The van der Waals surface area contributed by atoms with E-state index in [4.69, 9.17) is 10.3 Å². The molecule has 2 aromatic heterocycles. The lowest BCUT2D eigenvalue weighted by molar-refractivity contribution is 0.213. The Balaban J connectivity index is 1.65. The summed E-state index contributed by atoms with van der Waals surface area (Å²) >= 11 is 1.48. The van der Waals surface area contributed by atoms with Crippen molar-refractivity contribution in [1.29, 1.82) is 0 Å². The SMILES string of the molecule is NC(CN1CCCCC1)c1noc(-c2cncs2)n1. The largest absolute Gasteiger partial charge is 0.333 e. The Labute approximate surface area is 115 Å². The molecule has 0 spiro atoms. The van der Waals surface area contributed by atoms with Crippen molar-refractivity contribution in [3.63, 3.8) is 0 Å². The van der Waals surface area contributed by atoms with Crippen LogP contribution in [-0.2, 0) is 0 Å². The Bertz CT molecular complexity index is 506. The molecule has 3 heterocycles. The molecule has 1 unspecified atom stereocenters. The highest BCUT2D eigenvalue weighted by atomic mass is 32.1. The summed E-state index contributed by atoms with van der Waals surface area (Å²) in [7, 11) is 0. The van der Waals surface area contributed by atoms with E-state index in [9.17, 15) is 0 Å². The van der Waals surface area contributed by atoms with Gasteiger partial charge >= 0.3 is 0 Å². The number of hydrogen-bond acceptors (Lipinski definition) is 7. The van der Waals surface area contributed by atoms with E-state index in [0.29, 0.717) is 11.7 Å². The zero-order chi connectivity index (χ0) is 13.1. The summed E-state index contributed by atoms with van der Waals surface area (Å²) in [5, 5.41) is 3.98. The van der Waals surface area contributed by atoms with Crippen LogP contribution in [0.2, 0.25) is 0 Å². The maximum absolute atomic E-state index is 6.15. The minimum absolute atomic E-state index is 0.191. The summed E-state index contributed by atoms with van der Waals surface area (Å²) in [5.41, 5.74) is 7.90. The summed E-state index contributed by atoms with van der Waals surface area (Å²) in [6.45, 7) is 3.03. The van der Waals surface area contributed by atoms with Crippen molar-refractivity contribution in [2.75, 3.05) is 19.6 Å². The molecular formula is C12H17N5OS. The molecule has 3 rings (SSSR count). The van der Waals surface area contributed by atoms with Gasteiger partial charge in [-0.1, -0.05) is 11.6 Å². The third-order valence-corrected chi connectivity index (χ3v) is 4.08. The Morgan fingerprint density at radius 2 is 2.21 bits per heavy atom. The first-order valence-corrected chi connectivity index (χ1v) is 7.41. The van der Waals surface area contributed by atoms with Crippen LogP contribution in [0.1, 0.15) is 31.1 Å². The minimum Gasteiger partial charge on any atom is -0.333 e. The summed E-state index contributed by atoms with van der Waals surface area (Å²) in [4.78, 5) is 11.6. The topological polar surface area (TPSA) is 81.1 Å². The van der Waals surface area contributed by atoms with Crippen LogP contribution in [-0.4, -0.2) is 39.7 Å². The molecule has 102 valence electrons. The minimum atomic E-state index is -0.191. The van der Waals surface area contributed by atoms with Crippen molar-refractivity contribution in [2.24, 2.45) is 5.73 Å². The van der Waals surface area contributed by atoms with Crippen LogP contribution in [0.5, 0.6) is 0 Å². The van der Waals surface area contributed by atoms with Crippen molar-refractivity contribution >= 4 is 11.3 Å². The highest BCUT2D eigenvalue weighted by Gasteiger charge is 2.20. The fourth-order valence-electron chi connectivity index (χ4n) is 2.31. The van der Waals surface area contributed by atoms with Gasteiger partial charge in [0.05, 0.1) is 17.7 Å². The molecule has 2 N–H and O–H groups in total. The monoisotopic (exact) mass is 279 g/mol. The Morgan fingerprint density at radius 1 is 1.37 bits per heavy atom. The second kappa shape index (κ2) is 5.77. The van der Waals surface area contributed by atoms with Crippen molar-refractivity contribution < 1.29 is 4.52 Å². The van der Waals surface area contributed by atoms with E-state index < -0.39 is 0 Å². The number of piperidine rings is 1. The van der Waals surface area contributed by atoms with Crippen LogP contribution in [0.3, 0.4) is 0 Å². The fraction of sp³-hybridized carbons (Fsp3) is 0.583. The smallest absolute Gasteiger partial charge is 0.269 e. The van der Waals surface area contributed by atoms with Crippen molar-refractivity contribution in [3.05, 3.63) is 17.5 Å². The summed E-state index contributed by atoms with van der Waals surface area (Å²) in [6, 6.07) is -0.191. The summed E-state index contributed by atoms with van der Waals surface area (Å²) < 4.78 is 5.23. The fourth-order valence-corrected chi connectivity index (χ4v) is 2.85. The molecule has 1 saturated heterocycles. The molecule has 6 nitrogen and oxygen atoms in total. The van der Waals surface area contributed by atoms with E-state index in [1.165, 1.54) is 30.6 Å². The molecule has 1 aliphatic rings. The van der Waals surface area contributed by atoms with E-state index in [0.717, 1.165) is 24.5 Å². The van der Waals surface area contributed by atoms with Crippen LogP contribution < -0.4 is 5.73 Å². The van der Waals surface area contributed by atoms with E-state index in [2.05, 4.69) is 20.0 Å². The van der Waals surface area contributed by atoms with Crippen molar-refractivity contribution in [1.82, 2.24) is 20.0 Å². The molecule has 19 heavy (non-hydrogen) atoms. The molecule has 1 fully saturated rings. The zero-order valence-electron chi connectivity index (χ0n) is 10.7. The van der Waals surface area contributed by atoms with Gasteiger partial charge in [-0.15, -0.1) is 11.3 Å². The van der Waals surface area contributed by atoms with Gasteiger partial charge in [-0.05, 0) is 25.9 Å². The second-order valence-corrected chi connectivity index (χ2v) is 5.68. The number of nitrogens with zero attached hydrogens (tertiary/aromatic N) is 4. The standard InChI is InChI=1S/C12H17N5OS/c13-9(7-17-4-2-1-3-5-17)11-15-12(18-16-11)10-6-14-8-19-10/h6,8-9H,1-5,7,13H2. The lowest BCUT2D eigenvalue weighted by Crippen LogP contribution is -2.36. The lowest BCUT2D eigenvalue weighted by atomic mass is 10.1. The number of thiazole rings is 1. The van der Waals surface area contributed by atoms with E-state index >= 15 is 0 Å². The number of likely N-dealkylation sites (tertiary alicyclic amines) is 1. The van der Waals surface area contributed by atoms with Crippen molar-refractivity contribution in [3.8, 4) is 10.8 Å². The van der Waals surface area contributed by atoms with Gasteiger partial charge in [0.25, 0.3) is 5.89 Å². The number of rotatable bonds is 4. The molecule has 7 heteroatoms. The van der Waals surface area contributed by atoms with Gasteiger partial charge in [-0.2, -0.15) is 4.98 Å². The highest BCUT2D eigenvalue weighted by molar-refractivity contribution is 7.13. The lowest BCUT2D eigenvalue weighted by Gasteiger charge is -2.27. The molecule has 0 aromatic carbocycles. The number of aromatic nitrogens is 3. The molecule has 0 aliphatic carbocycles. The molecule has 1 aliphatic heterocycles. The molecule has 2 aromatic rings. The van der Waals surface area contributed by atoms with Crippen LogP contribution in [0.25, 0.3) is 10.8 Å². The van der Waals surface area contributed by atoms with Crippen molar-refractivity contribution in [2.45, 2.75) is 25.3 Å². The number of hydrogen-bond donors (Lipinski definition) is 1. The predicted molar refractivity (Wildman–Crippen MR) is 72.6 cm³/mol. The maximum atomic E-state index is 6.15. The van der Waals surface area contributed by atoms with Gasteiger partial charge < -0.3 is 15.2 Å². The normalized spacial score (nSPS) is 18.6. The summed E-state index contributed by atoms with van der Waals surface area (Å²) in [5.74, 6) is 1.08. The number of nitrogens with two attached hydrogens (primary N) is 1. The van der Waals surface area contributed by atoms with E-state index in [1.807, 2.05) is 0 Å². The van der Waals surface area contributed by atoms with Gasteiger partial charge in [0.2, 0.25) is 0 Å². The second-order valence-electron chi connectivity index (χ2n) is 4.79. The third kappa shape index (κ3) is 2.99. The van der Waals surface area contributed by atoms with Crippen LogP contribution in [0.4, 0.5) is 0 Å². The highest BCUT2D eigenvalue weighted by Crippen LogP contribution is 2.22. The Kier molecular flexibility index (Phi) is 3.86. The predicted octanol–water partition coefficient (Wildman–Crippen LogP) is 1.68. The van der Waals surface area contributed by atoms with Crippen LogP contribution in [0.15, 0.2) is 16.2 Å². The van der Waals surface area contributed by atoms with Gasteiger partial charge in [-0.25, -0.2) is 0 Å². The van der Waals surface area contributed by atoms with Crippen LogP contribution in [0, 0.1) is 0 Å². The first kappa shape index (κ1) is 12.7. The molecular weight excluding hydrogens is 262 g/mol. The first-order valence-electron chi connectivity index (χ1n) is 6.53. The Morgan fingerprint density at radius 3 is 2.95 bits per heavy atom. The maximum Gasteiger partial charge on any atom is 0.269 e. The third-order valence-electron chi connectivity index (χ3n) is 3.32. The molecule has 0 saturated carbocycles.